The molecule has 0 radical (unpaired) electrons. The maximum atomic E-state index is 12.4. The molecule has 0 saturated carbocycles. The SMILES string of the molecule is COC(=O)c1c(NC(=S)N2CCC(C)CC2)sc(C(=O)N(C)C)c1C. The smallest absolute Gasteiger partial charge is 0.341 e. The lowest BCUT2D eigenvalue weighted by Crippen LogP contribution is -2.40. The normalized spacial score (nSPS) is 15.0. The van der Waals surface area contributed by atoms with Crippen LogP contribution in [0.1, 0.15) is 45.4 Å². The third-order valence-electron chi connectivity index (χ3n) is 4.43. The summed E-state index contributed by atoms with van der Waals surface area (Å²) < 4.78 is 4.90. The Bertz CT molecular complexity index is 677. The predicted molar refractivity (Wildman–Crippen MR) is 105 cm³/mol. The van der Waals surface area contributed by atoms with E-state index in [1.54, 1.807) is 21.0 Å². The highest BCUT2D eigenvalue weighted by Gasteiger charge is 2.27. The third kappa shape index (κ3) is 4.30. The van der Waals surface area contributed by atoms with Crippen LogP contribution in [0.4, 0.5) is 5.00 Å². The summed E-state index contributed by atoms with van der Waals surface area (Å²) in [6.45, 7) is 5.80. The first-order valence-corrected chi connectivity index (χ1v) is 9.48. The van der Waals surface area contributed by atoms with Gasteiger partial charge in [0.2, 0.25) is 0 Å². The lowest BCUT2D eigenvalue weighted by atomic mass is 10.00. The number of hydrogen-bond donors (Lipinski definition) is 1. The molecule has 1 amide bonds. The van der Waals surface area contributed by atoms with Crippen molar-refractivity contribution in [2.24, 2.45) is 5.92 Å². The molecule has 138 valence electrons. The van der Waals surface area contributed by atoms with Gasteiger partial charge in [0.05, 0.1) is 17.6 Å². The summed E-state index contributed by atoms with van der Waals surface area (Å²) in [4.78, 5) is 28.7. The molecule has 1 aliphatic heterocycles. The fourth-order valence-electron chi connectivity index (χ4n) is 2.74. The van der Waals surface area contributed by atoms with Crippen LogP contribution in [0.25, 0.3) is 0 Å². The van der Waals surface area contributed by atoms with E-state index < -0.39 is 5.97 Å². The topological polar surface area (TPSA) is 61.9 Å². The standard InChI is InChI=1S/C17H25N3O3S2/c1-10-6-8-20(9-7-10)17(24)18-14-12(16(22)23-5)11(2)13(25-14)15(21)19(3)4/h10H,6-9H2,1-5H3,(H,18,24). The molecule has 1 aliphatic rings. The highest BCUT2D eigenvalue weighted by molar-refractivity contribution is 7.80. The summed E-state index contributed by atoms with van der Waals surface area (Å²) in [5, 5.41) is 4.32. The molecule has 1 saturated heterocycles. The number of anilines is 1. The molecule has 25 heavy (non-hydrogen) atoms. The third-order valence-corrected chi connectivity index (χ3v) is 5.98. The van der Waals surface area contributed by atoms with E-state index in [0.29, 0.717) is 32.0 Å². The van der Waals surface area contributed by atoms with E-state index in [1.807, 2.05) is 0 Å². The first-order chi connectivity index (χ1) is 11.8. The molecule has 0 spiro atoms. The minimum atomic E-state index is -0.468. The molecule has 8 heteroatoms. The fraction of sp³-hybridized carbons (Fsp3) is 0.588. The molecule has 1 fully saturated rings. The highest BCUT2D eigenvalue weighted by atomic mass is 32.1. The Balaban J connectivity index is 2.29. The zero-order chi connectivity index (χ0) is 18.7. The van der Waals surface area contributed by atoms with E-state index in [0.717, 1.165) is 25.9 Å². The van der Waals surface area contributed by atoms with Gasteiger partial charge >= 0.3 is 5.97 Å². The number of piperidine rings is 1. The van der Waals surface area contributed by atoms with Gasteiger partial charge in [0.25, 0.3) is 5.91 Å². The number of esters is 1. The van der Waals surface area contributed by atoms with E-state index in [2.05, 4.69) is 17.1 Å². The van der Waals surface area contributed by atoms with Gasteiger partial charge in [-0.2, -0.15) is 0 Å². The molecular weight excluding hydrogens is 358 g/mol. The number of thiophene rings is 1. The second-order valence-corrected chi connectivity index (χ2v) is 7.96. The van der Waals surface area contributed by atoms with Crippen molar-refractivity contribution in [1.82, 2.24) is 9.80 Å². The minimum absolute atomic E-state index is 0.140. The van der Waals surface area contributed by atoms with Crippen LogP contribution < -0.4 is 5.32 Å². The number of nitrogens with zero attached hydrogens (tertiary/aromatic N) is 2. The molecule has 1 aromatic rings. The van der Waals surface area contributed by atoms with Gasteiger partial charge in [0.1, 0.15) is 5.00 Å². The van der Waals surface area contributed by atoms with E-state index in [-0.39, 0.29) is 5.91 Å². The van der Waals surface area contributed by atoms with Crippen LogP contribution in [-0.4, -0.2) is 61.1 Å². The van der Waals surface area contributed by atoms with Crippen molar-refractivity contribution < 1.29 is 14.3 Å². The Morgan fingerprint density at radius 3 is 2.44 bits per heavy atom. The van der Waals surface area contributed by atoms with Crippen molar-refractivity contribution >= 4 is 45.5 Å². The minimum Gasteiger partial charge on any atom is -0.465 e. The Labute approximate surface area is 158 Å². The number of hydrogen-bond acceptors (Lipinski definition) is 5. The number of amides is 1. The number of likely N-dealkylation sites (tertiary alicyclic amines) is 1. The second-order valence-electron chi connectivity index (χ2n) is 6.55. The van der Waals surface area contributed by atoms with Crippen LogP contribution in [0.3, 0.4) is 0 Å². The Hall–Kier alpha value is -1.67. The average Bonchev–Trinajstić information content (AvgIpc) is 2.90. The molecule has 2 heterocycles. The van der Waals surface area contributed by atoms with Crippen molar-refractivity contribution in [1.29, 1.82) is 0 Å². The van der Waals surface area contributed by atoms with Gasteiger partial charge in [-0.3, -0.25) is 4.79 Å². The molecule has 0 aliphatic carbocycles. The number of carbonyl (C=O) groups is 2. The first-order valence-electron chi connectivity index (χ1n) is 8.25. The summed E-state index contributed by atoms with van der Waals surface area (Å²) in [7, 11) is 4.71. The Kier molecular flexibility index (Phi) is 6.40. The van der Waals surface area contributed by atoms with Crippen molar-refractivity contribution in [2.75, 3.05) is 39.6 Å². The van der Waals surface area contributed by atoms with E-state index in [4.69, 9.17) is 17.0 Å². The average molecular weight is 384 g/mol. The number of methoxy groups -OCH3 is 1. The lowest BCUT2D eigenvalue weighted by molar-refractivity contribution is 0.0601. The molecule has 6 nitrogen and oxygen atoms in total. The molecule has 0 aromatic carbocycles. The summed E-state index contributed by atoms with van der Waals surface area (Å²) in [6, 6.07) is 0. The van der Waals surface area contributed by atoms with Crippen molar-refractivity contribution in [3.63, 3.8) is 0 Å². The van der Waals surface area contributed by atoms with Crippen molar-refractivity contribution in [2.45, 2.75) is 26.7 Å². The van der Waals surface area contributed by atoms with Gasteiger partial charge in [0, 0.05) is 27.2 Å². The van der Waals surface area contributed by atoms with Crippen LogP contribution in [0.5, 0.6) is 0 Å². The lowest BCUT2D eigenvalue weighted by Gasteiger charge is -2.32. The predicted octanol–water partition coefficient (Wildman–Crippen LogP) is 2.97. The molecule has 0 bridgehead atoms. The number of rotatable bonds is 3. The van der Waals surface area contributed by atoms with Crippen LogP contribution in [0.15, 0.2) is 0 Å². The van der Waals surface area contributed by atoms with Crippen LogP contribution in [0, 0.1) is 12.8 Å². The number of ether oxygens (including phenoxy) is 1. The van der Waals surface area contributed by atoms with E-state index in [1.165, 1.54) is 23.3 Å². The maximum Gasteiger partial charge on any atom is 0.341 e. The first kappa shape index (κ1) is 19.7. The van der Waals surface area contributed by atoms with E-state index >= 15 is 0 Å². The molecule has 0 unspecified atom stereocenters. The van der Waals surface area contributed by atoms with Gasteiger partial charge in [-0.25, -0.2) is 4.79 Å². The van der Waals surface area contributed by atoms with Gasteiger partial charge in [0.15, 0.2) is 5.11 Å². The molecule has 1 aromatic heterocycles. The summed E-state index contributed by atoms with van der Waals surface area (Å²) in [5.74, 6) is 0.0977. The highest BCUT2D eigenvalue weighted by Crippen LogP contribution is 2.34. The van der Waals surface area contributed by atoms with Crippen molar-refractivity contribution in [3.05, 3.63) is 16.0 Å². The second kappa shape index (κ2) is 8.14. The number of nitrogens with one attached hydrogen (secondary N) is 1. The van der Waals surface area contributed by atoms with Gasteiger partial charge in [-0.05, 0) is 43.5 Å². The largest absolute Gasteiger partial charge is 0.465 e. The summed E-state index contributed by atoms with van der Waals surface area (Å²) >= 11 is 6.76. The van der Waals surface area contributed by atoms with Crippen LogP contribution in [0.2, 0.25) is 0 Å². The van der Waals surface area contributed by atoms with Crippen LogP contribution in [-0.2, 0) is 4.74 Å². The number of thiocarbonyl (C=S) groups is 1. The monoisotopic (exact) mass is 383 g/mol. The molecule has 1 N–H and O–H groups in total. The van der Waals surface area contributed by atoms with Gasteiger partial charge < -0.3 is 19.9 Å². The zero-order valence-electron chi connectivity index (χ0n) is 15.3. The fourth-order valence-corrected chi connectivity index (χ4v) is 4.31. The van der Waals surface area contributed by atoms with E-state index in [9.17, 15) is 9.59 Å². The summed E-state index contributed by atoms with van der Waals surface area (Å²) in [6.07, 6.45) is 2.19. The molecule has 2 rings (SSSR count). The van der Waals surface area contributed by atoms with Crippen LogP contribution >= 0.6 is 23.6 Å². The maximum absolute atomic E-state index is 12.4. The molecular formula is C17H25N3O3S2. The Morgan fingerprint density at radius 2 is 1.92 bits per heavy atom. The Morgan fingerprint density at radius 1 is 1.32 bits per heavy atom. The quantitative estimate of drug-likeness (QED) is 0.640. The van der Waals surface area contributed by atoms with Gasteiger partial charge in [-0.1, -0.05) is 6.92 Å². The summed E-state index contributed by atoms with van der Waals surface area (Å²) in [5.41, 5.74) is 0.999. The van der Waals surface area contributed by atoms with Crippen molar-refractivity contribution in [3.8, 4) is 0 Å². The molecule has 0 atom stereocenters. The zero-order valence-corrected chi connectivity index (χ0v) is 17.0. The number of carbonyl (C=O) groups excluding carboxylic acids is 2. The van der Waals surface area contributed by atoms with Gasteiger partial charge in [-0.15, -0.1) is 11.3 Å².